The molecule has 0 saturated carbocycles. The van der Waals surface area contributed by atoms with Gasteiger partial charge < -0.3 is 4.57 Å². The summed E-state index contributed by atoms with van der Waals surface area (Å²) >= 11 is 0. The molecule has 2 aliphatic heterocycles. The molecule has 2 atom stereocenters. The normalized spacial score (nSPS) is 26.4. The second-order valence-corrected chi connectivity index (χ2v) is 9.87. The molecule has 4 rings (SSSR count). The van der Waals surface area contributed by atoms with Crippen LogP contribution < -0.4 is 0 Å². The first-order valence-electron chi connectivity index (χ1n) is 9.77. The summed E-state index contributed by atoms with van der Waals surface area (Å²) in [6.45, 7) is 9.05. The lowest BCUT2D eigenvalue weighted by Crippen LogP contribution is -2.58. The van der Waals surface area contributed by atoms with E-state index in [9.17, 15) is 8.42 Å². The molecule has 3 heterocycles. The highest BCUT2D eigenvalue weighted by Crippen LogP contribution is 2.29. The Bertz CT molecular complexity index is 890. The number of piperazine rings is 1. The number of hydrogen-bond acceptors (Lipinski definition) is 4. The van der Waals surface area contributed by atoms with Gasteiger partial charge in [0.05, 0.1) is 11.5 Å². The molecule has 0 aliphatic carbocycles. The molecule has 2 aromatic rings. The Kier molecular flexibility index (Phi) is 4.84. The molecule has 0 spiro atoms. The number of hydrogen-bond donors (Lipinski definition) is 0. The minimum Gasteiger partial charge on any atom is -0.348 e. The van der Waals surface area contributed by atoms with Crippen molar-refractivity contribution in [2.24, 2.45) is 0 Å². The van der Waals surface area contributed by atoms with Crippen LogP contribution in [0.5, 0.6) is 0 Å². The van der Waals surface area contributed by atoms with E-state index < -0.39 is 9.84 Å². The third kappa shape index (κ3) is 3.30. The summed E-state index contributed by atoms with van der Waals surface area (Å²) in [5, 5.41) is 1.27. The van der Waals surface area contributed by atoms with Crippen LogP contribution in [0, 0.1) is 0 Å². The van der Waals surface area contributed by atoms with Gasteiger partial charge in [-0.05, 0) is 43.0 Å². The van der Waals surface area contributed by atoms with Gasteiger partial charge >= 0.3 is 0 Å². The molecule has 26 heavy (non-hydrogen) atoms. The van der Waals surface area contributed by atoms with Crippen molar-refractivity contribution in [3.05, 3.63) is 36.0 Å². The molecule has 0 radical (unpaired) electrons. The number of aromatic nitrogens is 1. The van der Waals surface area contributed by atoms with Crippen LogP contribution >= 0.6 is 0 Å². The Morgan fingerprint density at radius 1 is 1.04 bits per heavy atom. The summed E-state index contributed by atoms with van der Waals surface area (Å²) in [5.41, 5.74) is 2.54. The molecule has 0 unspecified atom stereocenters. The third-order valence-electron chi connectivity index (χ3n) is 5.98. The first-order chi connectivity index (χ1) is 12.5. The first kappa shape index (κ1) is 18.0. The van der Waals surface area contributed by atoms with E-state index in [0.29, 0.717) is 11.5 Å². The predicted molar refractivity (Wildman–Crippen MR) is 106 cm³/mol. The van der Waals surface area contributed by atoms with Crippen LogP contribution in [0.15, 0.2) is 30.5 Å². The van der Waals surface area contributed by atoms with Gasteiger partial charge in [-0.25, -0.2) is 8.42 Å². The number of fused-ring (bicyclic) bond motifs is 2. The van der Waals surface area contributed by atoms with Crippen molar-refractivity contribution < 1.29 is 8.42 Å². The zero-order valence-electron chi connectivity index (χ0n) is 15.8. The van der Waals surface area contributed by atoms with Crippen LogP contribution in [0.25, 0.3) is 10.9 Å². The highest BCUT2D eigenvalue weighted by Gasteiger charge is 2.46. The molecule has 0 amide bonds. The lowest BCUT2D eigenvalue weighted by molar-refractivity contribution is 0.0406. The zero-order chi connectivity index (χ0) is 18.3. The number of benzene rings is 1. The van der Waals surface area contributed by atoms with Gasteiger partial charge in [-0.3, -0.25) is 9.80 Å². The monoisotopic (exact) mass is 375 g/mol. The van der Waals surface area contributed by atoms with E-state index in [4.69, 9.17) is 0 Å². The van der Waals surface area contributed by atoms with E-state index in [0.717, 1.165) is 39.1 Å². The molecule has 0 N–H and O–H groups in total. The second kappa shape index (κ2) is 6.98. The van der Waals surface area contributed by atoms with Gasteiger partial charge in [-0.15, -0.1) is 0 Å². The van der Waals surface area contributed by atoms with Gasteiger partial charge in [0.2, 0.25) is 0 Å². The van der Waals surface area contributed by atoms with Crippen LogP contribution in [-0.4, -0.2) is 66.0 Å². The molecule has 6 heteroatoms. The van der Waals surface area contributed by atoms with Crippen LogP contribution in [0.1, 0.15) is 25.8 Å². The number of sulfone groups is 1. The fourth-order valence-electron chi connectivity index (χ4n) is 4.70. The zero-order valence-corrected chi connectivity index (χ0v) is 16.6. The maximum atomic E-state index is 12.3. The summed E-state index contributed by atoms with van der Waals surface area (Å²) < 4.78 is 26.9. The molecule has 2 aliphatic rings. The van der Waals surface area contributed by atoms with Crippen molar-refractivity contribution in [1.82, 2.24) is 14.4 Å². The highest BCUT2D eigenvalue weighted by atomic mass is 32.2. The molecular weight excluding hydrogens is 346 g/mol. The van der Waals surface area contributed by atoms with Crippen molar-refractivity contribution in [3.63, 3.8) is 0 Å². The van der Waals surface area contributed by atoms with Crippen molar-refractivity contribution >= 4 is 20.7 Å². The fourth-order valence-corrected chi connectivity index (χ4v) is 6.74. The predicted octanol–water partition coefficient (Wildman–Crippen LogP) is 2.35. The maximum Gasteiger partial charge on any atom is 0.153 e. The Labute approximate surface area is 156 Å². The Hall–Kier alpha value is -1.37. The largest absolute Gasteiger partial charge is 0.348 e. The van der Waals surface area contributed by atoms with Gasteiger partial charge in [0, 0.05) is 50.0 Å². The van der Waals surface area contributed by atoms with E-state index in [1.807, 2.05) is 0 Å². The lowest BCUT2D eigenvalue weighted by atomic mass is 10.0. The summed E-state index contributed by atoms with van der Waals surface area (Å²) in [5.74, 6) is 0.636. The van der Waals surface area contributed by atoms with Gasteiger partial charge in [-0.2, -0.15) is 0 Å². The summed E-state index contributed by atoms with van der Waals surface area (Å²) in [7, 11) is -2.93. The Morgan fingerprint density at radius 2 is 1.77 bits per heavy atom. The Morgan fingerprint density at radius 3 is 2.50 bits per heavy atom. The number of nitrogens with zero attached hydrogens (tertiary/aromatic N) is 3. The summed E-state index contributed by atoms with van der Waals surface area (Å²) in [6, 6.07) is 9.11. The summed E-state index contributed by atoms with van der Waals surface area (Å²) in [6.07, 6.45) is 3.21. The van der Waals surface area contributed by atoms with Crippen LogP contribution in [0.2, 0.25) is 0 Å². The molecule has 5 nitrogen and oxygen atoms in total. The smallest absolute Gasteiger partial charge is 0.153 e. The topological polar surface area (TPSA) is 45.5 Å². The molecule has 1 aromatic heterocycles. The van der Waals surface area contributed by atoms with Gasteiger partial charge in [-0.1, -0.05) is 19.1 Å². The second-order valence-electron chi connectivity index (χ2n) is 7.71. The standard InChI is InChI=1S/C20H29N3O2S/c1-3-8-22-10-11-23(20-15-26(24,25)14-19(20)22)13-16-5-6-17-7-9-21(4-2)18(17)12-16/h5-7,9,12,19-20H,3-4,8,10-11,13-15H2,1-2H3/t19-,20+/m1/s1. The highest BCUT2D eigenvalue weighted by molar-refractivity contribution is 7.91. The molecule has 2 saturated heterocycles. The summed E-state index contributed by atoms with van der Waals surface area (Å²) in [4.78, 5) is 4.80. The van der Waals surface area contributed by atoms with E-state index in [-0.39, 0.29) is 12.1 Å². The van der Waals surface area contributed by atoms with Gasteiger partial charge in [0.1, 0.15) is 0 Å². The van der Waals surface area contributed by atoms with Crippen LogP contribution in [-0.2, 0) is 22.9 Å². The molecule has 0 bridgehead atoms. The maximum absolute atomic E-state index is 12.3. The first-order valence-corrected chi connectivity index (χ1v) is 11.6. The molecule has 2 fully saturated rings. The van der Waals surface area contributed by atoms with E-state index >= 15 is 0 Å². The third-order valence-corrected chi connectivity index (χ3v) is 7.68. The van der Waals surface area contributed by atoms with Crippen molar-refractivity contribution in [3.8, 4) is 0 Å². The van der Waals surface area contributed by atoms with Gasteiger partial charge in [0.25, 0.3) is 0 Å². The minimum absolute atomic E-state index is 0.133. The fraction of sp³-hybridized carbons (Fsp3) is 0.600. The van der Waals surface area contributed by atoms with E-state index in [1.165, 1.54) is 16.5 Å². The number of aryl methyl sites for hydroxylation is 1. The average molecular weight is 376 g/mol. The van der Waals surface area contributed by atoms with Gasteiger partial charge in [0.15, 0.2) is 9.84 Å². The minimum atomic E-state index is -2.93. The van der Waals surface area contributed by atoms with Crippen molar-refractivity contribution in [1.29, 1.82) is 0 Å². The lowest BCUT2D eigenvalue weighted by Gasteiger charge is -2.44. The molecular formula is C20H29N3O2S. The van der Waals surface area contributed by atoms with Crippen molar-refractivity contribution in [2.45, 2.75) is 45.4 Å². The number of rotatable bonds is 5. The quantitative estimate of drug-likeness (QED) is 0.805. The van der Waals surface area contributed by atoms with E-state index in [2.05, 4.69) is 58.7 Å². The molecule has 1 aromatic carbocycles. The van der Waals surface area contributed by atoms with Crippen molar-refractivity contribution in [2.75, 3.05) is 31.1 Å². The Balaban J connectivity index is 1.58. The SMILES string of the molecule is CCCN1CCN(Cc2ccc3ccn(CC)c3c2)[C@H]2CS(=O)(=O)C[C@H]21. The van der Waals surface area contributed by atoms with E-state index in [1.54, 1.807) is 0 Å². The van der Waals surface area contributed by atoms with Crippen LogP contribution in [0.4, 0.5) is 0 Å². The average Bonchev–Trinajstić information content (AvgIpc) is 3.16. The van der Waals surface area contributed by atoms with Crippen LogP contribution in [0.3, 0.4) is 0 Å². The molecule has 142 valence electrons.